The van der Waals surface area contributed by atoms with Crippen molar-refractivity contribution >= 4 is 0 Å². The minimum Gasteiger partial charge on any atom is -0.381 e. The Labute approximate surface area is 120 Å². The molecule has 0 bridgehead atoms. The predicted molar refractivity (Wildman–Crippen MR) is 83.5 cm³/mol. The average molecular weight is 269 g/mol. The molecule has 0 heterocycles. The van der Waals surface area contributed by atoms with E-state index in [4.69, 9.17) is 4.74 Å². The first-order chi connectivity index (χ1) is 9.31. The number of unbranched alkanes of at least 4 members (excludes halogenated alkanes) is 1. The van der Waals surface area contributed by atoms with Crippen LogP contribution in [0.4, 0.5) is 0 Å². The second kappa shape index (κ2) is 10.7. The molecule has 0 aromatic heterocycles. The van der Waals surface area contributed by atoms with Gasteiger partial charge in [0.25, 0.3) is 0 Å². The van der Waals surface area contributed by atoms with Crippen LogP contribution in [0.2, 0.25) is 0 Å². The van der Waals surface area contributed by atoms with Crippen LogP contribution in [0.1, 0.15) is 72.1 Å². The quantitative estimate of drug-likeness (QED) is 0.594. The monoisotopic (exact) mass is 269 g/mol. The van der Waals surface area contributed by atoms with Crippen LogP contribution in [-0.2, 0) is 4.74 Å². The van der Waals surface area contributed by atoms with Crippen LogP contribution in [0.15, 0.2) is 0 Å². The van der Waals surface area contributed by atoms with Crippen molar-refractivity contribution in [1.29, 1.82) is 0 Å². The third-order valence-electron chi connectivity index (χ3n) is 4.53. The highest BCUT2D eigenvalue weighted by molar-refractivity contribution is 4.84. The summed E-state index contributed by atoms with van der Waals surface area (Å²) in [4.78, 5) is 0. The molecular formula is C17H35NO. The summed E-state index contributed by atoms with van der Waals surface area (Å²) in [6, 6.07) is 0.743. The van der Waals surface area contributed by atoms with Gasteiger partial charge in [-0.1, -0.05) is 40.0 Å². The Hall–Kier alpha value is -0.0800. The molecule has 114 valence electrons. The second-order valence-electron chi connectivity index (χ2n) is 6.15. The van der Waals surface area contributed by atoms with Crippen LogP contribution in [0.3, 0.4) is 0 Å². The van der Waals surface area contributed by atoms with Crippen molar-refractivity contribution in [3.63, 3.8) is 0 Å². The summed E-state index contributed by atoms with van der Waals surface area (Å²) < 4.78 is 5.77. The van der Waals surface area contributed by atoms with E-state index in [9.17, 15) is 0 Å². The molecule has 1 fully saturated rings. The molecule has 2 heteroatoms. The van der Waals surface area contributed by atoms with E-state index < -0.39 is 0 Å². The van der Waals surface area contributed by atoms with Gasteiger partial charge in [-0.2, -0.15) is 0 Å². The van der Waals surface area contributed by atoms with Crippen molar-refractivity contribution in [3.8, 4) is 0 Å². The van der Waals surface area contributed by atoms with E-state index in [0.717, 1.165) is 37.6 Å². The van der Waals surface area contributed by atoms with Crippen molar-refractivity contribution in [2.24, 2.45) is 11.8 Å². The summed E-state index contributed by atoms with van der Waals surface area (Å²) in [5.41, 5.74) is 0. The van der Waals surface area contributed by atoms with Gasteiger partial charge < -0.3 is 10.1 Å². The molecule has 3 atom stereocenters. The largest absolute Gasteiger partial charge is 0.381 e. The smallest absolute Gasteiger partial charge is 0.0469 e. The highest BCUT2D eigenvalue weighted by atomic mass is 16.5. The van der Waals surface area contributed by atoms with Crippen molar-refractivity contribution in [3.05, 3.63) is 0 Å². The third-order valence-corrected chi connectivity index (χ3v) is 4.53. The number of rotatable bonds is 10. The van der Waals surface area contributed by atoms with Crippen LogP contribution in [0.5, 0.6) is 0 Å². The highest BCUT2D eigenvalue weighted by Crippen LogP contribution is 2.34. The fourth-order valence-corrected chi connectivity index (χ4v) is 3.46. The topological polar surface area (TPSA) is 21.3 Å². The molecule has 0 amide bonds. The van der Waals surface area contributed by atoms with Crippen LogP contribution < -0.4 is 5.32 Å². The van der Waals surface area contributed by atoms with Crippen molar-refractivity contribution in [2.75, 3.05) is 19.8 Å². The summed E-state index contributed by atoms with van der Waals surface area (Å²) in [7, 11) is 0. The van der Waals surface area contributed by atoms with Crippen LogP contribution in [-0.4, -0.2) is 25.8 Å². The van der Waals surface area contributed by atoms with Gasteiger partial charge in [0.15, 0.2) is 0 Å². The van der Waals surface area contributed by atoms with Gasteiger partial charge in [0.2, 0.25) is 0 Å². The predicted octanol–water partition coefficient (Wildman–Crippen LogP) is 4.39. The molecule has 0 radical (unpaired) electrons. The first kappa shape index (κ1) is 17.0. The number of ether oxygens (including phenoxy) is 1. The van der Waals surface area contributed by atoms with Gasteiger partial charge in [-0.25, -0.2) is 0 Å². The minimum absolute atomic E-state index is 0.743. The lowest BCUT2D eigenvalue weighted by Gasteiger charge is -2.36. The van der Waals surface area contributed by atoms with Crippen LogP contribution in [0.25, 0.3) is 0 Å². The van der Waals surface area contributed by atoms with E-state index in [1.54, 1.807) is 0 Å². The second-order valence-corrected chi connectivity index (χ2v) is 6.15. The highest BCUT2D eigenvalue weighted by Gasteiger charge is 2.29. The molecule has 3 unspecified atom stereocenters. The molecule has 1 N–H and O–H groups in total. The first-order valence-electron chi connectivity index (χ1n) is 8.62. The fraction of sp³-hybridized carbons (Fsp3) is 1.00. The molecule has 19 heavy (non-hydrogen) atoms. The zero-order chi connectivity index (χ0) is 13.9. The summed E-state index contributed by atoms with van der Waals surface area (Å²) in [6.07, 6.45) is 10.7. The Kier molecular flexibility index (Phi) is 9.54. The summed E-state index contributed by atoms with van der Waals surface area (Å²) in [6.45, 7) is 9.79. The zero-order valence-corrected chi connectivity index (χ0v) is 13.4. The Morgan fingerprint density at radius 1 is 1.00 bits per heavy atom. The lowest BCUT2D eigenvalue weighted by Crippen LogP contribution is -2.41. The Morgan fingerprint density at radius 2 is 1.84 bits per heavy atom. The van der Waals surface area contributed by atoms with Gasteiger partial charge in [-0.15, -0.1) is 0 Å². The SMILES string of the molecule is CCCCOCCC1CC(CCC)CCC1NCC. The fourth-order valence-electron chi connectivity index (χ4n) is 3.46. The molecule has 1 aliphatic carbocycles. The van der Waals surface area contributed by atoms with E-state index in [0.29, 0.717) is 0 Å². The minimum atomic E-state index is 0.743. The molecule has 1 rings (SSSR count). The molecule has 1 aliphatic rings. The van der Waals surface area contributed by atoms with Gasteiger partial charge in [-0.05, 0) is 50.5 Å². The number of hydrogen-bond acceptors (Lipinski definition) is 2. The van der Waals surface area contributed by atoms with Gasteiger partial charge in [-0.3, -0.25) is 0 Å². The zero-order valence-electron chi connectivity index (χ0n) is 13.4. The normalized spacial score (nSPS) is 27.6. The Morgan fingerprint density at radius 3 is 2.53 bits per heavy atom. The van der Waals surface area contributed by atoms with Gasteiger partial charge in [0, 0.05) is 19.3 Å². The van der Waals surface area contributed by atoms with E-state index >= 15 is 0 Å². The molecule has 0 spiro atoms. The molecular weight excluding hydrogens is 234 g/mol. The Bertz CT molecular complexity index is 207. The molecule has 2 nitrogen and oxygen atoms in total. The number of nitrogens with one attached hydrogen (secondary N) is 1. The Balaban J connectivity index is 2.29. The molecule has 0 aromatic rings. The average Bonchev–Trinajstić information content (AvgIpc) is 2.42. The maximum absolute atomic E-state index is 5.77. The van der Waals surface area contributed by atoms with Gasteiger partial charge in [0.05, 0.1) is 0 Å². The van der Waals surface area contributed by atoms with Gasteiger partial charge in [0.1, 0.15) is 0 Å². The standard InChI is InChI=1S/C17H35NO/c1-4-7-12-19-13-11-16-14-15(8-5-2)9-10-17(16)18-6-3/h15-18H,4-14H2,1-3H3. The molecule has 0 saturated heterocycles. The third kappa shape index (κ3) is 6.76. The van der Waals surface area contributed by atoms with E-state index in [1.807, 2.05) is 0 Å². The van der Waals surface area contributed by atoms with E-state index in [-0.39, 0.29) is 0 Å². The van der Waals surface area contributed by atoms with Crippen LogP contribution >= 0.6 is 0 Å². The molecule has 1 saturated carbocycles. The van der Waals surface area contributed by atoms with Gasteiger partial charge >= 0.3 is 0 Å². The van der Waals surface area contributed by atoms with Crippen molar-refractivity contribution in [1.82, 2.24) is 5.32 Å². The maximum atomic E-state index is 5.77. The molecule has 0 aromatic carbocycles. The van der Waals surface area contributed by atoms with Crippen LogP contribution in [0, 0.1) is 11.8 Å². The van der Waals surface area contributed by atoms with Crippen molar-refractivity contribution < 1.29 is 4.74 Å². The number of hydrogen-bond donors (Lipinski definition) is 1. The summed E-state index contributed by atoms with van der Waals surface area (Å²) >= 11 is 0. The first-order valence-corrected chi connectivity index (χ1v) is 8.62. The summed E-state index contributed by atoms with van der Waals surface area (Å²) in [5.74, 6) is 1.81. The van der Waals surface area contributed by atoms with Crippen molar-refractivity contribution in [2.45, 2.75) is 78.2 Å². The summed E-state index contributed by atoms with van der Waals surface area (Å²) in [5, 5.41) is 3.69. The van der Waals surface area contributed by atoms with E-state index in [1.165, 1.54) is 51.4 Å². The lowest BCUT2D eigenvalue weighted by atomic mass is 9.75. The van der Waals surface area contributed by atoms with E-state index in [2.05, 4.69) is 26.1 Å². The molecule has 0 aliphatic heterocycles. The maximum Gasteiger partial charge on any atom is 0.0469 e. The lowest BCUT2D eigenvalue weighted by molar-refractivity contribution is 0.0934.